The number of amides is 1. The van der Waals surface area contributed by atoms with E-state index in [2.05, 4.69) is 15.3 Å². The quantitative estimate of drug-likeness (QED) is 0.472. The van der Waals surface area contributed by atoms with Crippen LogP contribution in [0.2, 0.25) is 0 Å². The predicted octanol–water partition coefficient (Wildman–Crippen LogP) is 0.213. The smallest absolute Gasteiger partial charge is 0.274 e. The van der Waals surface area contributed by atoms with Gasteiger partial charge >= 0.3 is 0 Å². The van der Waals surface area contributed by atoms with E-state index < -0.39 is 0 Å². The van der Waals surface area contributed by atoms with Crippen LogP contribution in [0.4, 0.5) is 0 Å². The van der Waals surface area contributed by atoms with Gasteiger partial charge in [0.05, 0.1) is 12.1 Å². The number of aliphatic imine (C=N–C) groups is 1. The van der Waals surface area contributed by atoms with Crippen molar-refractivity contribution >= 4 is 22.8 Å². The lowest BCUT2D eigenvalue weighted by Crippen LogP contribution is -2.36. The van der Waals surface area contributed by atoms with E-state index in [1.165, 1.54) is 7.05 Å². The zero-order valence-corrected chi connectivity index (χ0v) is 11.0. The van der Waals surface area contributed by atoms with Crippen LogP contribution in [0.1, 0.15) is 10.5 Å². The van der Waals surface area contributed by atoms with Crippen molar-refractivity contribution in [2.45, 2.75) is 0 Å². The molecule has 7 nitrogen and oxygen atoms in total. The number of aliphatic hydroxyl groups excluding tert-OH is 1. The number of aromatic nitrogens is 1. The number of para-hydroxylation sites is 1. The number of carbonyl (C=O) groups is 1. The predicted molar refractivity (Wildman–Crippen MR) is 75.9 cm³/mol. The summed E-state index contributed by atoms with van der Waals surface area (Å²) in [5, 5.41) is 12.1. The summed E-state index contributed by atoms with van der Waals surface area (Å²) in [5.41, 5.74) is 6.50. The van der Waals surface area contributed by atoms with Crippen molar-refractivity contribution in [3.63, 3.8) is 0 Å². The molecule has 0 aliphatic heterocycles. The summed E-state index contributed by atoms with van der Waals surface area (Å²) in [4.78, 5) is 18.6. The third kappa shape index (κ3) is 2.89. The van der Waals surface area contributed by atoms with E-state index in [9.17, 15) is 4.79 Å². The second-order valence-corrected chi connectivity index (χ2v) is 4.04. The van der Waals surface area contributed by atoms with Crippen molar-refractivity contribution in [2.75, 3.05) is 20.3 Å². The molecular formula is C13H16N4O3. The van der Waals surface area contributed by atoms with E-state index in [0.29, 0.717) is 17.0 Å². The molecule has 0 aliphatic rings. The molecule has 1 amide bonds. The number of hydrogen-bond donors (Lipinski definition) is 4. The monoisotopic (exact) mass is 276 g/mol. The van der Waals surface area contributed by atoms with Gasteiger partial charge < -0.3 is 20.6 Å². The summed E-state index contributed by atoms with van der Waals surface area (Å²) in [5.74, 6) is 0.246. The Labute approximate surface area is 115 Å². The van der Waals surface area contributed by atoms with Crippen LogP contribution in [-0.2, 0) is 0 Å². The Morgan fingerprint density at radius 3 is 3.05 bits per heavy atom. The largest absolute Gasteiger partial charge is 0.489 e. The molecule has 0 saturated heterocycles. The second kappa shape index (κ2) is 6.07. The molecular weight excluding hydrogens is 260 g/mol. The number of ether oxygens (including phenoxy) is 1. The maximum atomic E-state index is 11.9. The van der Waals surface area contributed by atoms with Gasteiger partial charge in [-0.2, -0.15) is 0 Å². The number of hydrogen-bond acceptors (Lipinski definition) is 4. The number of aliphatic hydroxyl groups is 1. The highest BCUT2D eigenvalue weighted by Gasteiger charge is 2.12. The van der Waals surface area contributed by atoms with Gasteiger partial charge in [-0.15, -0.1) is 0 Å². The van der Waals surface area contributed by atoms with Gasteiger partial charge in [-0.25, -0.2) is 0 Å². The summed E-state index contributed by atoms with van der Waals surface area (Å²) in [7, 11) is 1.49. The third-order valence-electron chi connectivity index (χ3n) is 2.69. The Kier molecular flexibility index (Phi) is 4.21. The first-order chi connectivity index (χ1) is 9.65. The summed E-state index contributed by atoms with van der Waals surface area (Å²) in [6.07, 6.45) is 0. The molecule has 0 atom stereocenters. The topological polar surface area (TPSA) is 113 Å². The molecule has 0 saturated carbocycles. The Morgan fingerprint density at radius 2 is 2.35 bits per heavy atom. The highest BCUT2D eigenvalue weighted by molar-refractivity contribution is 6.06. The molecule has 2 aromatic rings. The van der Waals surface area contributed by atoms with Gasteiger partial charge in [0.15, 0.2) is 5.96 Å². The first-order valence-electron chi connectivity index (χ1n) is 6.04. The molecule has 0 bridgehead atoms. The van der Waals surface area contributed by atoms with Crippen LogP contribution in [0.15, 0.2) is 29.3 Å². The molecule has 1 aromatic heterocycles. The van der Waals surface area contributed by atoms with Crippen LogP contribution < -0.4 is 15.8 Å². The lowest BCUT2D eigenvalue weighted by Gasteiger charge is -2.05. The van der Waals surface area contributed by atoms with Crippen LogP contribution in [0.3, 0.4) is 0 Å². The van der Waals surface area contributed by atoms with E-state index >= 15 is 0 Å². The van der Waals surface area contributed by atoms with E-state index in [0.717, 1.165) is 5.39 Å². The molecule has 1 aromatic carbocycles. The molecule has 106 valence electrons. The fourth-order valence-corrected chi connectivity index (χ4v) is 1.77. The molecule has 5 N–H and O–H groups in total. The number of guanidine groups is 1. The summed E-state index contributed by atoms with van der Waals surface area (Å²) >= 11 is 0. The van der Waals surface area contributed by atoms with Crippen molar-refractivity contribution in [1.82, 2.24) is 10.3 Å². The lowest BCUT2D eigenvalue weighted by molar-refractivity contribution is 0.0972. The van der Waals surface area contributed by atoms with Crippen molar-refractivity contribution < 1.29 is 14.6 Å². The van der Waals surface area contributed by atoms with Crippen LogP contribution in [0, 0.1) is 0 Å². The number of H-pyrrole nitrogens is 1. The minimum atomic E-state index is -0.377. The first-order valence-corrected chi connectivity index (χ1v) is 6.04. The average molecular weight is 276 g/mol. The molecule has 1 heterocycles. The van der Waals surface area contributed by atoms with Gasteiger partial charge in [0.2, 0.25) is 0 Å². The fraction of sp³-hybridized carbons (Fsp3) is 0.231. The Hall–Kier alpha value is -2.54. The van der Waals surface area contributed by atoms with E-state index in [4.69, 9.17) is 15.6 Å². The number of aromatic amines is 1. The Morgan fingerprint density at radius 1 is 1.55 bits per heavy atom. The summed E-state index contributed by atoms with van der Waals surface area (Å²) in [6, 6.07) is 7.12. The number of nitrogens with one attached hydrogen (secondary N) is 2. The van der Waals surface area contributed by atoms with E-state index in [-0.39, 0.29) is 25.1 Å². The number of carbonyl (C=O) groups excluding carboxylic acids is 1. The minimum Gasteiger partial charge on any atom is -0.489 e. The molecule has 0 spiro atoms. The van der Waals surface area contributed by atoms with Gasteiger partial charge in [0.25, 0.3) is 5.91 Å². The fourth-order valence-electron chi connectivity index (χ4n) is 1.77. The first kappa shape index (κ1) is 13.9. The zero-order chi connectivity index (χ0) is 14.5. The van der Waals surface area contributed by atoms with Gasteiger partial charge in [-0.3, -0.25) is 15.1 Å². The van der Waals surface area contributed by atoms with Crippen LogP contribution >= 0.6 is 0 Å². The Balaban J connectivity index is 2.31. The number of benzene rings is 1. The average Bonchev–Trinajstić information content (AvgIpc) is 2.89. The lowest BCUT2D eigenvalue weighted by atomic mass is 10.2. The SMILES string of the molecule is CN=C(N)NC(=O)c1cc2cccc(OCCO)c2[nH]1. The molecule has 2 rings (SSSR count). The van der Waals surface area contributed by atoms with Crippen molar-refractivity contribution in [3.8, 4) is 5.75 Å². The highest BCUT2D eigenvalue weighted by atomic mass is 16.5. The number of rotatable bonds is 4. The van der Waals surface area contributed by atoms with Gasteiger partial charge in [-0.05, 0) is 12.1 Å². The van der Waals surface area contributed by atoms with E-state index in [1.54, 1.807) is 12.1 Å². The molecule has 0 unspecified atom stereocenters. The van der Waals surface area contributed by atoms with Crippen LogP contribution in [0.25, 0.3) is 10.9 Å². The molecule has 0 fully saturated rings. The highest BCUT2D eigenvalue weighted by Crippen LogP contribution is 2.25. The van der Waals surface area contributed by atoms with Crippen molar-refractivity contribution in [1.29, 1.82) is 0 Å². The summed E-state index contributed by atoms with van der Waals surface area (Å²) < 4.78 is 5.40. The number of nitrogens with zero attached hydrogens (tertiary/aromatic N) is 1. The second-order valence-electron chi connectivity index (χ2n) is 4.04. The van der Waals surface area contributed by atoms with Crippen LogP contribution in [0.5, 0.6) is 5.75 Å². The normalized spacial score (nSPS) is 11.6. The standard InChI is InChI=1S/C13H16N4O3/c1-15-13(14)17-12(19)9-7-8-3-2-4-10(11(8)16-9)20-6-5-18/h2-4,7,16,18H,5-6H2,1H3,(H3,14,15,17,19). The molecule has 7 heteroatoms. The van der Waals surface area contributed by atoms with Crippen molar-refractivity contribution in [2.24, 2.45) is 10.7 Å². The van der Waals surface area contributed by atoms with Gasteiger partial charge in [-0.1, -0.05) is 12.1 Å². The molecule has 0 radical (unpaired) electrons. The molecule has 20 heavy (non-hydrogen) atoms. The number of fused-ring (bicyclic) bond motifs is 1. The Bertz CT molecular complexity index is 648. The maximum Gasteiger partial charge on any atom is 0.274 e. The van der Waals surface area contributed by atoms with Gasteiger partial charge in [0, 0.05) is 12.4 Å². The zero-order valence-electron chi connectivity index (χ0n) is 11.0. The van der Waals surface area contributed by atoms with Crippen LogP contribution in [-0.4, -0.2) is 42.2 Å². The molecule has 0 aliphatic carbocycles. The third-order valence-corrected chi connectivity index (χ3v) is 2.69. The van der Waals surface area contributed by atoms with E-state index in [1.807, 2.05) is 12.1 Å². The maximum absolute atomic E-state index is 11.9. The van der Waals surface area contributed by atoms with Gasteiger partial charge in [0.1, 0.15) is 18.1 Å². The number of nitrogens with two attached hydrogens (primary N) is 1. The van der Waals surface area contributed by atoms with Crippen molar-refractivity contribution in [3.05, 3.63) is 30.0 Å². The summed E-state index contributed by atoms with van der Waals surface area (Å²) in [6.45, 7) is 0.114. The minimum absolute atomic E-state index is 0.0467.